The minimum atomic E-state index is -0.269. The summed E-state index contributed by atoms with van der Waals surface area (Å²) in [5.74, 6) is 0.194. The molecule has 8 nitrogen and oxygen atoms in total. The first-order chi connectivity index (χ1) is 10.7. The number of hydrogen-bond donors (Lipinski definition) is 2. The summed E-state index contributed by atoms with van der Waals surface area (Å²) in [5, 5.41) is 13.9. The smallest absolute Gasteiger partial charge is 0.275 e. The Morgan fingerprint density at radius 3 is 3.18 bits per heavy atom. The highest BCUT2D eigenvalue weighted by atomic mass is 16.5. The third kappa shape index (κ3) is 3.02. The third-order valence-corrected chi connectivity index (χ3v) is 3.44. The monoisotopic (exact) mass is 304 g/mol. The minimum Gasteiger partial charge on any atom is -0.378 e. The molecule has 1 atom stereocenters. The van der Waals surface area contributed by atoms with E-state index >= 15 is 0 Å². The van der Waals surface area contributed by atoms with Crippen LogP contribution in [0.1, 0.15) is 34.4 Å². The lowest BCUT2D eigenvalue weighted by atomic mass is 10.2. The van der Waals surface area contributed by atoms with Crippen molar-refractivity contribution in [3.05, 3.63) is 35.6 Å². The van der Waals surface area contributed by atoms with E-state index < -0.39 is 0 Å². The van der Waals surface area contributed by atoms with E-state index in [0.29, 0.717) is 30.4 Å². The Morgan fingerprint density at radius 1 is 1.59 bits per heavy atom. The molecule has 1 aliphatic rings. The van der Waals surface area contributed by atoms with Crippen LogP contribution in [0.4, 0.5) is 5.82 Å². The Kier molecular flexibility index (Phi) is 4.21. The quantitative estimate of drug-likeness (QED) is 0.866. The molecular weight excluding hydrogens is 286 g/mol. The van der Waals surface area contributed by atoms with Crippen LogP contribution < -0.4 is 5.32 Å². The zero-order valence-corrected chi connectivity index (χ0v) is 12.5. The molecular formula is C14H18N5O3. The number of nitrogens with one attached hydrogen (secondary N) is 2. The summed E-state index contributed by atoms with van der Waals surface area (Å²) in [6.45, 7) is 1.01. The number of H-pyrrole nitrogens is 1. The predicted molar refractivity (Wildman–Crippen MR) is 78.1 cm³/mol. The molecule has 2 aromatic heterocycles. The van der Waals surface area contributed by atoms with Crippen molar-refractivity contribution in [2.45, 2.75) is 19.1 Å². The van der Waals surface area contributed by atoms with E-state index in [4.69, 9.17) is 9.47 Å². The molecule has 0 spiro atoms. The van der Waals surface area contributed by atoms with Gasteiger partial charge in [-0.2, -0.15) is 10.2 Å². The van der Waals surface area contributed by atoms with Crippen LogP contribution >= 0.6 is 0 Å². The molecule has 1 saturated heterocycles. The van der Waals surface area contributed by atoms with Gasteiger partial charge in [0.25, 0.3) is 5.91 Å². The molecule has 1 radical (unpaired) electrons. The standard InChI is InChI=1S/C14H18N5O3/c1-19-11(6-9(18-19)8-21-2)14(20)15-13-7-10(16-17-13)12-4-3-5-22-12/h3,6-7,12H,4-5,8H2,1-2H3,(H2,15,16,17,20). The lowest BCUT2D eigenvalue weighted by molar-refractivity contribution is 0.101. The summed E-state index contributed by atoms with van der Waals surface area (Å²) in [5.41, 5.74) is 2.00. The van der Waals surface area contributed by atoms with E-state index in [2.05, 4.69) is 27.0 Å². The number of hydrogen-bond acceptors (Lipinski definition) is 5. The molecule has 0 bridgehead atoms. The molecule has 2 N–H and O–H groups in total. The van der Waals surface area contributed by atoms with Gasteiger partial charge in [-0.1, -0.05) is 0 Å². The maximum atomic E-state index is 12.3. The maximum Gasteiger partial charge on any atom is 0.275 e. The van der Waals surface area contributed by atoms with Gasteiger partial charge in [-0.15, -0.1) is 0 Å². The average molecular weight is 304 g/mol. The second-order valence-corrected chi connectivity index (χ2v) is 5.09. The van der Waals surface area contributed by atoms with Gasteiger partial charge in [0.15, 0.2) is 5.82 Å². The molecule has 1 fully saturated rings. The molecule has 0 aromatic carbocycles. The number of rotatable bonds is 5. The number of aromatic amines is 1. The first-order valence-corrected chi connectivity index (χ1v) is 6.99. The van der Waals surface area contributed by atoms with Gasteiger partial charge in [0, 0.05) is 20.2 Å². The summed E-state index contributed by atoms with van der Waals surface area (Å²) in [6.07, 6.45) is 2.90. The number of methoxy groups -OCH3 is 1. The van der Waals surface area contributed by atoms with Crippen molar-refractivity contribution in [2.24, 2.45) is 7.05 Å². The summed E-state index contributed by atoms with van der Waals surface area (Å²) in [7, 11) is 3.30. The summed E-state index contributed by atoms with van der Waals surface area (Å²) < 4.78 is 12.1. The van der Waals surface area contributed by atoms with Crippen molar-refractivity contribution in [3.63, 3.8) is 0 Å². The molecule has 1 amide bonds. The molecule has 8 heteroatoms. The lowest BCUT2D eigenvalue weighted by Crippen LogP contribution is -2.16. The van der Waals surface area contributed by atoms with Crippen molar-refractivity contribution in [1.82, 2.24) is 20.0 Å². The Morgan fingerprint density at radius 2 is 2.45 bits per heavy atom. The highest BCUT2D eigenvalue weighted by molar-refractivity contribution is 6.02. The number of anilines is 1. The van der Waals surface area contributed by atoms with Crippen molar-refractivity contribution in [2.75, 3.05) is 19.0 Å². The molecule has 22 heavy (non-hydrogen) atoms. The number of aryl methyl sites for hydroxylation is 1. The lowest BCUT2D eigenvalue weighted by Gasteiger charge is -2.04. The van der Waals surface area contributed by atoms with Gasteiger partial charge in [0.2, 0.25) is 0 Å². The third-order valence-electron chi connectivity index (χ3n) is 3.44. The zero-order chi connectivity index (χ0) is 15.5. The van der Waals surface area contributed by atoms with E-state index in [-0.39, 0.29) is 12.0 Å². The number of carbonyl (C=O) groups excluding carboxylic acids is 1. The maximum absolute atomic E-state index is 12.3. The van der Waals surface area contributed by atoms with Crippen molar-refractivity contribution in [3.8, 4) is 0 Å². The second-order valence-electron chi connectivity index (χ2n) is 5.09. The van der Waals surface area contributed by atoms with Crippen LogP contribution in [-0.2, 0) is 23.1 Å². The summed E-state index contributed by atoms with van der Waals surface area (Å²) in [4.78, 5) is 12.3. The molecule has 1 aliphatic heterocycles. The molecule has 3 heterocycles. The van der Waals surface area contributed by atoms with Crippen molar-refractivity contribution in [1.29, 1.82) is 0 Å². The largest absolute Gasteiger partial charge is 0.378 e. The second kappa shape index (κ2) is 6.29. The van der Waals surface area contributed by atoms with Crippen LogP contribution in [0.3, 0.4) is 0 Å². The van der Waals surface area contributed by atoms with Gasteiger partial charge in [-0.3, -0.25) is 14.6 Å². The van der Waals surface area contributed by atoms with Gasteiger partial charge >= 0.3 is 0 Å². The van der Waals surface area contributed by atoms with Gasteiger partial charge in [-0.25, -0.2) is 0 Å². The number of nitrogens with zero attached hydrogens (tertiary/aromatic N) is 3. The molecule has 0 aliphatic carbocycles. The molecule has 3 rings (SSSR count). The summed E-state index contributed by atoms with van der Waals surface area (Å²) >= 11 is 0. The van der Waals surface area contributed by atoms with Crippen molar-refractivity contribution < 1.29 is 14.3 Å². The first kappa shape index (κ1) is 14.7. The van der Waals surface area contributed by atoms with Crippen LogP contribution in [-0.4, -0.2) is 39.6 Å². The van der Waals surface area contributed by atoms with Gasteiger partial charge in [0.1, 0.15) is 5.69 Å². The topological polar surface area (TPSA) is 94.1 Å². The van der Waals surface area contributed by atoms with Crippen molar-refractivity contribution >= 4 is 11.7 Å². The Balaban J connectivity index is 1.68. The fourth-order valence-electron chi connectivity index (χ4n) is 2.39. The van der Waals surface area contributed by atoms with Crippen LogP contribution in [0.5, 0.6) is 0 Å². The van der Waals surface area contributed by atoms with E-state index in [1.807, 2.05) is 0 Å². The SMILES string of the molecule is COCc1cc(C(=O)Nc2cc(C3C[CH]CO3)[nH]n2)n(C)n1. The van der Waals surface area contributed by atoms with Crippen LogP contribution in [0.15, 0.2) is 12.1 Å². The van der Waals surface area contributed by atoms with Gasteiger partial charge in [-0.05, 0) is 18.9 Å². The fraction of sp³-hybridized carbons (Fsp3) is 0.429. The normalized spacial score (nSPS) is 17.8. The molecule has 0 saturated carbocycles. The van der Waals surface area contributed by atoms with E-state index in [0.717, 1.165) is 12.1 Å². The van der Waals surface area contributed by atoms with E-state index in [9.17, 15) is 4.79 Å². The van der Waals surface area contributed by atoms with Crippen LogP contribution in [0.25, 0.3) is 0 Å². The molecule has 1 unspecified atom stereocenters. The molecule has 2 aromatic rings. The number of amides is 1. The fourth-order valence-corrected chi connectivity index (χ4v) is 2.39. The van der Waals surface area contributed by atoms with Gasteiger partial charge < -0.3 is 14.8 Å². The Hall–Kier alpha value is -2.19. The van der Waals surface area contributed by atoms with E-state index in [1.54, 1.807) is 26.3 Å². The average Bonchev–Trinajstić information content (AvgIpc) is 3.19. The first-order valence-electron chi connectivity index (χ1n) is 6.99. The number of carbonyl (C=O) groups is 1. The Bertz CT molecular complexity index is 657. The minimum absolute atomic E-state index is 0.0110. The van der Waals surface area contributed by atoms with E-state index in [1.165, 1.54) is 4.68 Å². The predicted octanol–water partition coefficient (Wildman–Crippen LogP) is 1.21. The number of ether oxygens (including phenoxy) is 2. The zero-order valence-electron chi connectivity index (χ0n) is 12.5. The van der Waals surface area contributed by atoms with Crippen LogP contribution in [0, 0.1) is 6.42 Å². The van der Waals surface area contributed by atoms with Gasteiger partial charge in [0.05, 0.1) is 30.7 Å². The highest BCUT2D eigenvalue weighted by Crippen LogP contribution is 2.27. The highest BCUT2D eigenvalue weighted by Gasteiger charge is 2.21. The number of aromatic nitrogens is 4. The molecule has 117 valence electrons. The Labute approximate surface area is 127 Å². The van der Waals surface area contributed by atoms with Crippen LogP contribution in [0.2, 0.25) is 0 Å². The summed E-state index contributed by atoms with van der Waals surface area (Å²) in [6, 6.07) is 3.48.